The van der Waals surface area contributed by atoms with Crippen molar-refractivity contribution >= 4 is 33.6 Å². The minimum Gasteiger partial charge on any atom is -0.347 e. The molecule has 3 aromatic rings. The molecular formula is C23H24F4N6O3S. The maximum atomic E-state index is 14.9. The third-order valence-corrected chi connectivity index (χ3v) is 7.59. The van der Waals surface area contributed by atoms with Gasteiger partial charge in [0.05, 0.1) is 18.8 Å². The van der Waals surface area contributed by atoms with Crippen LogP contribution >= 0.6 is 0 Å². The number of aromatic nitrogens is 2. The summed E-state index contributed by atoms with van der Waals surface area (Å²) in [5.41, 5.74) is 1.99. The summed E-state index contributed by atoms with van der Waals surface area (Å²) in [7, 11) is -5.00. The van der Waals surface area contributed by atoms with E-state index in [0.29, 0.717) is 34.1 Å². The molecule has 0 saturated heterocycles. The van der Waals surface area contributed by atoms with Crippen LogP contribution in [0.15, 0.2) is 35.6 Å². The molecule has 0 unspecified atom stereocenters. The molecule has 4 rings (SSSR count). The SMILES string of the molecule is CCc1nc2ccc(C)cn2c1C(=O)NCc1cc(F)c(N2CCN(S(=O)(=O)C(C)(F)F)C=N2)c(F)c1. The van der Waals surface area contributed by atoms with E-state index < -0.39 is 45.1 Å². The highest BCUT2D eigenvalue weighted by Gasteiger charge is 2.44. The molecule has 1 N–H and O–H groups in total. The summed E-state index contributed by atoms with van der Waals surface area (Å²) >= 11 is 0. The monoisotopic (exact) mass is 540 g/mol. The number of aryl methyl sites for hydroxylation is 2. The maximum Gasteiger partial charge on any atom is 0.361 e. The standard InChI is InChI=1S/C23H24F4N6O3S/c1-4-18-21(32-12-14(2)5-6-19(32)30-18)22(34)28-11-15-9-16(24)20(17(25)10-15)33-8-7-31(13-29-33)37(35,36)23(3,26)27/h5-6,9-10,12-13H,4,7-8,11H2,1-3H3,(H,28,34). The fourth-order valence-electron chi connectivity index (χ4n) is 3.91. The fourth-order valence-corrected chi connectivity index (χ4v) is 4.81. The second-order valence-corrected chi connectivity index (χ2v) is 10.7. The summed E-state index contributed by atoms with van der Waals surface area (Å²) < 4.78 is 82.1. The first-order valence-corrected chi connectivity index (χ1v) is 12.7. The number of sulfonamides is 1. The van der Waals surface area contributed by atoms with Gasteiger partial charge in [-0.2, -0.15) is 22.3 Å². The lowest BCUT2D eigenvalue weighted by atomic mass is 10.1. The van der Waals surface area contributed by atoms with Crippen molar-refractivity contribution in [2.45, 2.75) is 39.0 Å². The molecule has 0 bridgehead atoms. The number of nitrogens with one attached hydrogen (secondary N) is 1. The highest BCUT2D eigenvalue weighted by Crippen LogP contribution is 2.29. The third-order valence-electron chi connectivity index (χ3n) is 5.79. The van der Waals surface area contributed by atoms with Crippen LogP contribution < -0.4 is 10.3 Å². The molecule has 1 aliphatic heterocycles. The number of nitrogens with zero attached hydrogens (tertiary/aromatic N) is 5. The van der Waals surface area contributed by atoms with Crippen molar-refractivity contribution in [3.05, 3.63) is 64.6 Å². The van der Waals surface area contributed by atoms with Crippen molar-refractivity contribution in [3.8, 4) is 0 Å². The maximum absolute atomic E-state index is 14.9. The average Bonchev–Trinajstić information content (AvgIpc) is 3.19. The lowest BCUT2D eigenvalue weighted by Crippen LogP contribution is -2.47. The minimum absolute atomic E-state index is 0.131. The number of benzene rings is 1. The molecule has 1 aliphatic rings. The number of halogens is 4. The molecule has 0 radical (unpaired) electrons. The van der Waals surface area contributed by atoms with Gasteiger partial charge in [0.25, 0.3) is 5.91 Å². The Labute approximate surface area is 210 Å². The first-order valence-electron chi connectivity index (χ1n) is 11.3. The molecule has 1 aromatic carbocycles. The Balaban J connectivity index is 1.51. The molecule has 3 heterocycles. The van der Waals surface area contributed by atoms with Crippen LogP contribution in [0.1, 0.15) is 41.2 Å². The van der Waals surface area contributed by atoms with E-state index in [9.17, 15) is 30.8 Å². The molecule has 9 nitrogen and oxygen atoms in total. The van der Waals surface area contributed by atoms with E-state index in [4.69, 9.17) is 0 Å². The molecule has 0 atom stereocenters. The number of hydrogen-bond donors (Lipinski definition) is 1. The third kappa shape index (κ3) is 4.97. The number of hydrazone groups is 1. The Morgan fingerprint density at radius 1 is 1.16 bits per heavy atom. The number of pyridine rings is 1. The quantitative estimate of drug-likeness (QED) is 0.463. The van der Waals surface area contributed by atoms with E-state index in [1.54, 1.807) is 16.7 Å². The van der Waals surface area contributed by atoms with Gasteiger partial charge in [0.2, 0.25) is 0 Å². The lowest BCUT2D eigenvalue weighted by Gasteiger charge is -2.31. The van der Waals surface area contributed by atoms with E-state index in [-0.39, 0.29) is 25.6 Å². The Kier molecular flexibility index (Phi) is 6.88. The Hall–Kier alpha value is -3.68. The van der Waals surface area contributed by atoms with Crippen molar-refractivity contribution in [1.29, 1.82) is 0 Å². The topological polar surface area (TPSA) is 99.4 Å². The fraction of sp³-hybridized carbons (Fsp3) is 0.348. The summed E-state index contributed by atoms with van der Waals surface area (Å²) in [4.78, 5) is 17.4. The predicted molar refractivity (Wildman–Crippen MR) is 129 cm³/mol. The summed E-state index contributed by atoms with van der Waals surface area (Å²) in [6.45, 7) is 2.95. The zero-order valence-electron chi connectivity index (χ0n) is 20.2. The first kappa shape index (κ1) is 26.4. The minimum atomic E-state index is -5.00. The smallest absolute Gasteiger partial charge is 0.347 e. The summed E-state index contributed by atoms with van der Waals surface area (Å²) in [6, 6.07) is 5.69. The van der Waals surface area contributed by atoms with E-state index in [1.165, 1.54) is 0 Å². The zero-order valence-corrected chi connectivity index (χ0v) is 21.0. The number of carbonyl (C=O) groups is 1. The zero-order chi connectivity index (χ0) is 27.1. The van der Waals surface area contributed by atoms with Crippen LogP contribution in [0, 0.1) is 18.6 Å². The number of hydrogen-bond acceptors (Lipinski definition) is 6. The van der Waals surface area contributed by atoms with Crippen LogP contribution in [-0.2, 0) is 23.0 Å². The molecule has 2 aromatic heterocycles. The number of rotatable bonds is 7. The van der Waals surface area contributed by atoms with Crippen LogP contribution in [0.5, 0.6) is 0 Å². The van der Waals surface area contributed by atoms with Crippen molar-refractivity contribution in [2.75, 3.05) is 18.1 Å². The van der Waals surface area contributed by atoms with Gasteiger partial charge in [-0.3, -0.25) is 18.5 Å². The lowest BCUT2D eigenvalue weighted by molar-refractivity contribution is 0.0943. The molecule has 0 saturated carbocycles. The van der Waals surface area contributed by atoms with Crippen molar-refractivity contribution in [2.24, 2.45) is 5.10 Å². The van der Waals surface area contributed by atoms with E-state index in [2.05, 4.69) is 15.4 Å². The number of fused-ring (bicyclic) bond motifs is 1. The van der Waals surface area contributed by atoms with Crippen molar-refractivity contribution in [1.82, 2.24) is 19.0 Å². The number of carbonyl (C=O) groups excluding carboxylic acids is 1. The average molecular weight is 541 g/mol. The van der Waals surface area contributed by atoms with Crippen LogP contribution in [0.3, 0.4) is 0 Å². The van der Waals surface area contributed by atoms with Crippen LogP contribution in [-0.4, -0.2) is 52.7 Å². The molecule has 37 heavy (non-hydrogen) atoms. The highest BCUT2D eigenvalue weighted by atomic mass is 32.2. The van der Waals surface area contributed by atoms with Crippen LogP contribution in [0.4, 0.5) is 23.2 Å². The molecule has 14 heteroatoms. The Bertz CT molecular complexity index is 1480. The van der Waals surface area contributed by atoms with Gasteiger partial charge in [0.1, 0.15) is 23.4 Å². The van der Waals surface area contributed by atoms with Crippen molar-refractivity contribution < 1.29 is 30.8 Å². The van der Waals surface area contributed by atoms with Gasteiger partial charge in [-0.1, -0.05) is 13.0 Å². The summed E-state index contributed by atoms with van der Waals surface area (Å²) in [5, 5.41) is 3.10. The van der Waals surface area contributed by atoms with Gasteiger partial charge in [-0.05, 0) is 42.7 Å². The Morgan fingerprint density at radius 2 is 1.84 bits per heavy atom. The van der Waals surface area contributed by atoms with Gasteiger partial charge in [-0.15, -0.1) is 0 Å². The van der Waals surface area contributed by atoms with Gasteiger partial charge < -0.3 is 5.32 Å². The van der Waals surface area contributed by atoms with Gasteiger partial charge in [0, 0.05) is 19.7 Å². The normalized spacial score (nSPS) is 14.5. The number of alkyl halides is 2. The van der Waals surface area contributed by atoms with E-state index in [1.807, 2.05) is 19.9 Å². The molecule has 0 aliphatic carbocycles. The number of amides is 1. The summed E-state index contributed by atoms with van der Waals surface area (Å²) in [5.74, 6) is -2.49. The molecule has 1 amide bonds. The number of imidazole rings is 1. The van der Waals surface area contributed by atoms with E-state index in [0.717, 1.165) is 22.7 Å². The molecule has 0 spiro atoms. The van der Waals surface area contributed by atoms with Gasteiger partial charge in [-0.25, -0.2) is 13.8 Å². The highest BCUT2D eigenvalue weighted by molar-refractivity contribution is 7.90. The van der Waals surface area contributed by atoms with Crippen LogP contribution in [0.25, 0.3) is 5.65 Å². The van der Waals surface area contributed by atoms with Gasteiger partial charge in [0.15, 0.2) is 11.6 Å². The second-order valence-electron chi connectivity index (χ2n) is 8.56. The Morgan fingerprint density at radius 3 is 2.41 bits per heavy atom. The molecular weight excluding hydrogens is 516 g/mol. The predicted octanol–water partition coefficient (Wildman–Crippen LogP) is 3.42. The van der Waals surface area contributed by atoms with E-state index >= 15 is 0 Å². The molecule has 198 valence electrons. The second kappa shape index (κ2) is 9.65. The first-order chi connectivity index (χ1) is 17.3. The van der Waals surface area contributed by atoms with Crippen LogP contribution in [0.2, 0.25) is 0 Å². The number of anilines is 1. The summed E-state index contributed by atoms with van der Waals surface area (Å²) in [6.07, 6.45) is 2.87. The van der Waals surface area contributed by atoms with Crippen molar-refractivity contribution in [3.63, 3.8) is 0 Å². The largest absolute Gasteiger partial charge is 0.361 e. The van der Waals surface area contributed by atoms with Gasteiger partial charge >= 0.3 is 15.3 Å². The molecule has 0 fully saturated rings.